The molecule has 1 aromatic heterocycles. The Bertz CT molecular complexity index is 620. The van der Waals surface area contributed by atoms with Crippen molar-refractivity contribution in [2.45, 2.75) is 44.6 Å². The van der Waals surface area contributed by atoms with Gasteiger partial charge in [-0.3, -0.25) is 4.68 Å². The molecule has 0 bridgehead atoms. The van der Waals surface area contributed by atoms with Crippen LogP contribution in [-0.2, 0) is 12.0 Å². The average Bonchev–Trinajstić information content (AvgIpc) is 2.90. The van der Waals surface area contributed by atoms with Crippen molar-refractivity contribution in [3.63, 3.8) is 0 Å². The van der Waals surface area contributed by atoms with Crippen LogP contribution in [0.25, 0.3) is 0 Å². The molecular weight excluding hydrogens is 276 g/mol. The van der Waals surface area contributed by atoms with Crippen LogP contribution in [0.1, 0.15) is 11.1 Å². The van der Waals surface area contributed by atoms with E-state index in [2.05, 4.69) is 67.0 Å². The highest BCUT2D eigenvalue weighted by molar-refractivity contribution is 6.76. The van der Waals surface area contributed by atoms with Crippen LogP contribution in [0.4, 0.5) is 0 Å². The molecule has 0 aliphatic carbocycles. The standard InChI is InChI=1S/C16H22N4Si/c1-14-5-7-15(8-6-14)16(9-17,11-21(2,3)4)10-20-13-18-12-19-20/h5-8,12-13H,10-11H2,1-4H3. The third-order valence-corrected chi connectivity index (χ3v) is 5.21. The van der Waals surface area contributed by atoms with Gasteiger partial charge < -0.3 is 0 Å². The van der Waals surface area contributed by atoms with Gasteiger partial charge in [-0.25, -0.2) is 4.98 Å². The summed E-state index contributed by atoms with van der Waals surface area (Å²) in [5.74, 6) is 0. The van der Waals surface area contributed by atoms with E-state index < -0.39 is 13.5 Å². The molecule has 2 aromatic rings. The van der Waals surface area contributed by atoms with Gasteiger partial charge in [0.1, 0.15) is 12.7 Å². The van der Waals surface area contributed by atoms with Gasteiger partial charge in [-0.1, -0.05) is 49.5 Å². The lowest BCUT2D eigenvalue weighted by Crippen LogP contribution is -2.38. The van der Waals surface area contributed by atoms with Crippen LogP contribution in [0, 0.1) is 18.3 Å². The summed E-state index contributed by atoms with van der Waals surface area (Å²) in [6, 6.07) is 11.8. The lowest BCUT2D eigenvalue weighted by atomic mass is 9.83. The molecule has 110 valence electrons. The van der Waals surface area contributed by atoms with Crippen LogP contribution in [0.5, 0.6) is 0 Å². The molecule has 1 unspecified atom stereocenters. The molecular formula is C16H22N4Si. The fourth-order valence-corrected chi connectivity index (χ4v) is 4.96. The molecule has 1 atom stereocenters. The summed E-state index contributed by atoms with van der Waals surface area (Å²) >= 11 is 0. The van der Waals surface area contributed by atoms with Crippen LogP contribution in [0.2, 0.25) is 25.7 Å². The smallest absolute Gasteiger partial charge is 0.137 e. The van der Waals surface area contributed by atoms with Gasteiger partial charge in [-0.2, -0.15) is 10.4 Å². The van der Waals surface area contributed by atoms with E-state index in [0.717, 1.165) is 11.6 Å². The zero-order valence-corrected chi connectivity index (χ0v) is 14.2. The highest BCUT2D eigenvalue weighted by Gasteiger charge is 2.38. The molecule has 1 aromatic carbocycles. The summed E-state index contributed by atoms with van der Waals surface area (Å²) in [5, 5.41) is 14.2. The molecule has 0 radical (unpaired) electrons. The topological polar surface area (TPSA) is 54.5 Å². The van der Waals surface area contributed by atoms with Gasteiger partial charge >= 0.3 is 0 Å². The highest BCUT2D eigenvalue weighted by atomic mass is 28.3. The first kappa shape index (κ1) is 15.5. The number of hydrogen-bond donors (Lipinski definition) is 0. The van der Waals surface area contributed by atoms with Crippen LogP contribution >= 0.6 is 0 Å². The van der Waals surface area contributed by atoms with Crippen LogP contribution < -0.4 is 0 Å². The van der Waals surface area contributed by atoms with E-state index in [9.17, 15) is 5.26 Å². The Morgan fingerprint density at radius 2 is 1.90 bits per heavy atom. The minimum absolute atomic E-state index is 0.536. The molecule has 0 aliphatic rings. The number of benzene rings is 1. The molecule has 2 rings (SSSR count). The van der Waals surface area contributed by atoms with E-state index in [1.54, 1.807) is 11.0 Å². The third-order valence-electron chi connectivity index (χ3n) is 3.55. The van der Waals surface area contributed by atoms with Gasteiger partial charge in [-0.05, 0) is 18.5 Å². The lowest BCUT2D eigenvalue weighted by Gasteiger charge is -2.32. The number of hydrogen-bond acceptors (Lipinski definition) is 3. The maximum atomic E-state index is 9.97. The van der Waals surface area contributed by atoms with Crippen LogP contribution in [0.15, 0.2) is 36.9 Å². The predicted molar refractivity (Wildman–Crippen MR) is 86.6 cm³/mol. The quantitative estimate of drug-likeness (QED) is 0.795. The van der Waals surface area contributed by atoms with Crippen molar-refractivity contribution < 1.29 is 0 Å². The number of nitrogens with zero attached hydrogens (tertiary/aromatic N) is 4. The van der Waals surface area contributed by atoms with Gasteiger partial charge in [0.05, 0.1) is 18.0 Å². The summed E-state index contributed by atoms with van der Waals surface area (Å²) in [6.45, 7) is 9.52. The third kappa shape index (κ3) is 3.79. The fourth-order valence-electron chi connectivity index (χ4n) is 2.76. The van der Waals surface area contributed by atoms with E-state index in [4.69, 9.17) is 0 Å². The van der Waals surface area contributed by atoms with E-state index >= 15 is 0 Å². The summed E-state index contributed by atoms with van der Waals surface area (Å²) in [5.41, 5.74) is 1.75. The molecule has 0 saturated heterocycles. The Morgan fingerprint density at radius 1 is 1.24 bits per heavy atom. The van der Waals surface area contributed by atoms with Gasteiger partial charge in [-0.15, -0.1) is 0 Å². The summed E-state index contributed by atoms with van der Waals surface area (Å²) in [6.07, 6.45) is 3.20. The van der Waals surface area contributed by atoms with Crippen molar-refractivity contribution in [1.29, 1.82) is 5.26 Å². The zero-order valence-electron chi connectivity index (χ0n) is 13.2. The van der Waals surface area contributed by atoms with Crippen molar-refractivity contribution in [1.82, 2.24) is 14.8 Å². The van der Waals surface area contributed by atoms with Crippen molar-refractivity contribution in [3.05, 3.63) is 48.0 Å². The summed E-state index contributed by atoms with van der Waals surface area (Å²) in [7, 11) is -1.43. The number of rotatable bonds is 5. The SMILES string of the molecule is Cc1ccc(C(C#N)(Cn2cncn2)C[Si](C)(C)C)cc1. The largest absolute Gasteiger partial charge is 0.251 e. The molecule has 4 nitrogen and oxygen atoms in total. The Morgan fingerprint density at radius 3 is 2.38 bits per heavy atom. The van der Waals surface area contributed by atoms with Gasteiger partial charge in [0.15, 0.2) is 0 Å². The average molecular weight is 298 g/mol. The van der Waals surface area contributed by atoms with E-state index in [1.165, 1.54) is 11.9 Å². The molecule has 0 aliphatic heterocycles. The Labute approximate surface area is 127 Å². The molecule has 0 fully saturated rings. The second kappa shape index (κ2) is 5.82. The normalized spacial score (nSPS) is 14.4. The first-order valence-electron chi connectivity index (χ1n) is 7.15. The molecule has 0 saturated carbocycles. The Kier molecular flexibility index (Phi) is 4.28. The molecule has 0 N–H and O–H groups in total. The monoisotopic (exact) mass is 298 g/mol. The summed E-state index contributed by atoms with van der Waals surface area (Å²) in [4.78, 5) is 4.00. The second-order valence-electron chi connectivity index (χ2n) is 6.89. The highest BCUT2D eigenvalue weighted by Crippen LogP contribution is 2.35. The number of aryl methyl sites for hydroxylation is 1. The zero-order chi connectivity index (χ0) is 15.5. The molecule has 1 heterocycles. The fraction of sp³-hybridized carbons (Fsp3) is 0.438. The minimum Gasteiger partial charge on any atom is -0.251 e. The number of aromatic nitrogens is 3. The van der Waals surface area contributed by atoms with Gasteiger partial charge in [0.25, 0.3) is 0 Å². The van der Waals surface area contributed by atoms with Crippen LogP contribution in [0.3, 0.4) is 0 Å². The van der Waals surface area contributed by atoms with Crippen molar-refractivity contribution >= 4 is 8.07 Å². The molecule has 0 amide bonds. The first-order valence-corrected chi connectivity index (χ1v) is 10.9. The maximum absolute atomic E-state index is 9.97. The first-order chi connectivity index (χ1) is 9.85. The lowest BCUT2D eigenvalue weighted by molar-refractivity contribution is 0.455. The number of nitriles is 1. The Balaban J connectivity index is 2.46. The van der Waals surface area contributed by atoms with E-state index in [-0.39, 0.29) is 0 Å². The van der Waals surface area contributed by atoms with Gasteiger partial charge in [0.2, 0.25) is 0 Å². The van der Waals surface area contributed by atoms with Gasteiger partial charge in [0, 0.05) is 8.07 Å². The molecule has 5 heteroatoms. The van der Waals surface area contributed by atoms with E-state index in [1.807, 2.05) is 0 Å². The Hall–Kier alpha value is -1.93. The van der Waals surface area contributed by atoms with Crippen LogP contribution in [-0.4, -0.2) is 22.8 Å². The molecule has 0 spiro atoms. The van der Waals surface area contributed by atoms with Crippen molar-refractivity contribution in [2.24, 2.45) is 0 Å². The second-order valence-corrected chi connectivity index (χ2v) is 12.4. The van der Waals surface area contributed by atoms with Crippen molar-refractivity contribution in [3.8, 4) is 6.07 Å². The maximum Gasteiger partial charge on any atom is 0.137 e. The van der Waals surface area contributed by atoms with Crippen molar-refractivity contribution in [2.75, 3.05) is 0 Å². The predicted octanol–water partition coefficient (Wildman–Crippen LogP) is 3.39. The minimum atomic E-state index is -1.43. The molecule has 21 heavy (non-hydrogen) atoms. The van der Waals surface area contributed by atoms with E-state index in [0.29, 0.717) is 6.54 Å². The summed E-state index contributed by atoms with van der Waals surface area (Å²) < 4.78 is 1.77.